The second-order valence-corrected chi connectivity index (χ2v) is 4.84. The van der Waals surface area contributed by atoms with Gasteiger partial charge in [-0.2, -0.15) is 0 Å². The summed E-state index contributed by atoms with van der Waals surface area (Å²) in [6.07, 6.45) is 1.38. The number of carbonyl (C=O) groups is 2. The van der Waals surface area contributed by atoms with Gasteiger partial charge in [-0.1, -0.05) is 6.07 Å². The van der Waals surface area contributed by atoms with Gasteiger partial charge in [-0.3, -0.25) is 9.59 Å². The molecule has 2 N–H and O–H groups in total. The summed E-state index contributed by atoms with van der Waals surface area (Å²) in [5, 5.41) is 11.2. The number of amides is 1. The first-order valence-corrected chi connectivity index (χ1v) is 6.87. The Balaban J connectivity index is 2.19. The monoisotopic (exact) mass is 297 g/mol. The van der Waals surface area contributed by atoms with Crippen molar-refractivity contribution >= 4 is 11.9 Å². The summed E-state index contributed by atoms with van der Waals surface area (Å²) in [5.41, 5.74) is 0. The molecule has 0 aromatic heterocycles. The number of nitrogens with one attached hydrogen (secondary N) is 1. The van der Waals surface area contributed by atoms with Gasteiger partial charge in [-0.25, -0.2) is 4.39 Å². The number of hydrogen-bond acceptors (Lipinski definition) is 3. The summed E-state index contributed by atoms with van der Waals surface area (Å²) in [5.74, 6) is -0.955. The van der Waals surface area contributed by atoms with Gasteiger partial charge in [0.05, 0.1) is 6.04 Å². The Kier molecular flexibility index (Phi) is 7.21. The van der Waals surface area contributed by atoms with E-state index in [-0.39, 0.29) is 37.2 Å². The van der Waals surface area contributed by atoms with Gasteiger partial charge in [0, 0.05) is 18.9 Å². The van der Waals surface area contributed by atoms with Gasteiger partial charge < -0.3 is 15.2 Å². The first kappa shape index (κ1) is 16.9. The van der Waals surface area contributed by atoms with Crippen molar-refractivity contribution < 1.29 is 23.8 Å². The Labute approximate surface area is 123 Å². The third-order valence-corrected chi connectivity index (χ3v) is 2.75. The number of aliphatic carboxylic acids is 1. The zero-order chi connectivity index (χ0) is 15.7. The van der Waals surface area contributed by atoms with Crippen LogP contribution in [0.1, 0.15) is 32.6 Å². The number of rotatable bonds is 9. The largest absolute Gasteiger partial charge is 0.491 e. The van der Waals surface area contributed by atoms with Crippen molar-refractivity contribution in [1.82, 2.24) is 5.32 Å². The lowest BCUT2D eigenvalue weighted by molar-refractivity contribution is -0.137. The average molecular weight is 297 g/mol. The van der Waals surface area contributed by atoms with Gasteiger partial charge in [0.15, 0.2) is 0 Å². The second kappa shape index (κ2) is 8.94. The highest BCUT2D eigenvalue weighted by molar-refractivity contribution is 5.76. The van der Waals surface area contributed by atoms with Gasteiger partial charge in [-0.05, 0) is 31.9 Å². The fourth-order valence-corrected chi connectivity index (χ4v) is 1.73. The zero-order valence-electron chi connectivity index (χ0n) is 12.0. The molecule has 1 unspecified atom stereocenters. The summed E-state index contributed by atoms with van der Waals surface area (Å²) in [7, 11) is 0. The highest BCUT2D eigenvalue weighted by atomic mass is 19.1. The molecule has 0 aliphatic rings. The van der Waals surface area contributed by atoms with Gasteiger partial charge in [0.1, 0.15) is 18.2 Å². The maximum absolute atomic E-state index is 12.9. The minimum Gasteiger partial charge on any atom is -0.491 e. The third-order valence-electron chi connectivity index (χ3n) is 2.75. The quantitative estimate of drug-likeness (QED) is 0.686. The molecule has 5 nitrogen and oxygen atoms in total. The number of halogens is 1. The molecule has 0 fully saturated rings. The van der Waals surface area contributed by atoms with Crippen molar-refractivity contribution in [2.75, 3.05) is 6.61 Å². The van der Waals surface area contributed by atoms with Crippen molar-refractivity contribution in [2.24, 2.45) is 0 Å². The van der Waals surface area contributed by atoms with Crippen molar-refractivity contribution in [2.45, 2.75) is 38.6 Å². The molecule has 1 aromatic carbocycles. The molecule has 0 radical (unpaired) electrons. The minimum absolute atomic E-state index is 0.0749. The highest BCUT2D eigenvalue weighted by Gasteiger charge is 2.08. The normalized spacial score (nSPS) is 11.7. The van der Waals surface area contributed by atoms with Crippen LogP contribution in [0, 0.1) is 5.82 Å². The van der Waals surface area contributed by atoms with E-state index in [1.54, 1.807) is 19.1 Å². The van der Waals surface area contributed by atoms with Gasteiger partial charge in [0.25, 0.3) is 0 Å². The van der Waals surface area contributed by atoms with Gasteiger partial charge >= 0.3 is 5.97 Å². The van der Waals surface area contributed by atoms with Crippen LogP contribution in [0.15, 0.2) is 24.3 Å². The van der Waals surface area contributed by atoms with Crippen molar-refractivity contribution in [3.63, 3.8) is 0 Å². The van der Waals surface area contributed by atoms with E-state index in [0.29, 0.717) is 18.6 Å². The molecule has 0 aliphatic heterocycles. The molecule has 21 heavy (non-hydrogen) atoms. The van der Waals surface area contributed by atoms with Gasteiger partial charge in [0.2, 0.25) is 5.91 Å². The van der Waals surface area contributed by atoms with Crippen molar-refractivity contribution in [1.29, 1.82) is 0 Å². The van der Waals surface area contributed by atoms with Crippen LogP contribution < -0.4 is 10.1 Å². The summed E-state index contributed by atoms with van der Waals surface area (Å²) >= 11 is 0. The number of hydrogen-bond donors (Lipinski definition) is 2. The molecule has 116 valence electrons. The van der Waals surface area contributed by atoms with Crippen molar-refractivity contribution in [3.05, 3.63) is 30.1 Å². The molecule has 0 heterocycles. The summed E-state index contributed by atoms with van der Waals surface area (Å²) in [6, 6.07) is 5.59. The van der Waals surface area contributed by atoms with E-state index < -0.39 is 5.97 Å². The molecular formula is C15H20FNO4. The number of carboxylic acid groups (broad SMARTS) is 1. The lowest BCUT2D eigenvalue weighted by Gasteiger charge is -2.15. The molecule has 0 bridgehead atoms. The average Bonchev–Trinajstić information content (AvgIpc) is 2.41. The SMILES string of the molecule is CC(COc1cccc(F)c1)NC(=O)CCCCC(=O)O. The van der Waals surface area contributed by atoms with Crippen LogP contribution in [0.4, 0.5) is 4.39 Å². The number of benzene rings is 1. The summed E-state index contributed by atoms with van der Waals surface area (Å²) in [4.78, 5) is 21.9. The van der Waals surface area contributed by atoms with Crippen LogP contribution in [0.2, 0.25) is 0 Å². The van der Waals surface area contributed by atoms with Crippen LogP contribution in [0.5, 0.6) is 5.75 Å². The molecule has 1 aromatic rings. The second-order valence-electron chi connectivity index (χ2n) is 4.84. The first-order valence-electron chi connectivity index (χ1n) is 6.87. The Bertz CT molecular complexity index is 478. The topological polar surface area (TPSA) is 75.6 Å². The van der Waals surface area contributed by atoms with Crippen LogP contribution in [-0.2, 0) is 9.59 Å². The fourth-order valence-electron chi connectivity index (χ4n) is 1.73. The number of carbonyl (C=O) groups excluding carboxylic acids is 1. The van der Waals surface area contributed by atoms with E-state index in [0.717, 1.165) is 0 Å². The van der Waals surface area contributed by atoms with Gasteiger partial charge in [-0.15, -0.1) is 0 Å². The highest BCUT2D eigenvalue weighted by Crippen LogP contribution is 2.12. The maximum Gasteiger partial charge on any atom is 0.303 e. The number of ether oxygens (including phenoxy) is 1. The molecular weight excluding hydrogens is 277 g/mol. The van der Waals surface area contributed by atoms with Crippen LogP contribution in [-0.4, -0.2) is 29.6 Å². The summed E-state index contributed by atoms with van der Waals surface area (Å²) in [6.45, 7) is 2.03. The third kappa shape index (κ3) is 7.91. The van der Waals surface area contributed by atoms with E-state index in [1.165, 1.54) is 12.1 Å². The smallest absolute Gasteiger partial charge is 0.303 e. The van der Waals surface area contributed by atoms with E-state index in [4.69, 9.17) is 9.84 Å². The Hall–Kier alpha value is -2.11. The molecule has 0 saturated carbocycles. The number of unbranched alkanes of at least 4 members (excludes halogenated alkanes) is 1. The van der Waals surface area contributed by atoms with Crippen molar-refractivity contribution in [3.8, 4) is 5.75 Å². The zero-order valence-corrected chi connectivity index (χ0v) is 12.0. The van der Waals surface area contributed by atoms with Crippen LogP contribution >= 0.6 is 0 Å². The Morgan fingerprint density at radius 1 is 1.33 bits per heavy atom. The number of carboxylic acids is 1. The van der Waals surface area contributed by atoms with E-state index in [2.05, 4.69) is 5.32 Å². The molecule has 1 atom stereocenters. The molecule has 0 aliphatic carbocycles. The molecule has 0 spiro atoms. The van der Waals surface area contributed by atoms with Crippen LogP contribution in [0.25, 0.3) is 0 Å². The molecule has 1 amide bonds. The maximum atomic E-state index is 12.9. The summed E-state index contributed by atoms with van der Waals surface area (Å²) < 4.78 is 18.3. The van der Waals surface area contributed by atoms with E-state index in [9.17, 15) is 14.0 Å². The minimum atomic E-state index is -0.854. The molecule has 1 rings (SSSR count). The van der Waals surface area contributed by atoms with E-state index >= 15 is 0 Å². The van der Waals surface area contributed by atoms with E-state index in [1.807, 2.05) is 0 Å². The lowest BCUT2D eigenvalue weighted by atomic mass is 10.2. The Morgan fingerprint density at radius 3 is 2.71 bits per heavy atom. The molecule has 0 saturated heterocycles. The fraction of sp³-hybridized carbons (Fsp3) is 0.467. The lowest BCUT2D eigenvalue weighted by Crippen LogP contribution is -2.36. The first-order chi connectivity index (χ1) is 9.97. The predicted molar refractivity (Wildman–Crippen MR) is 75.6 cm³/mol. The standard InChI is InChI=1S/C15H20FNO4/c1-11(10-21-13-6-4-5-12(16)9-13)17-14(18)7-2-3-8-15(19)20/h4-6,9,11H,2-3,7-8,10H2,1H3,(H,17,18)(H,19,20). The predicted octanol–water partition coefficient (Wildman–Crippen LogP) is 2.35. The van der Waals surface area contributed by atoms with Crippen LogP contribution in [0.3, 0.4) is 0 Å². The Morgan fingerprint density at radius 2 is 2.05 bits per heavy atom. The molecule has 6 heteroatoms.